The summed E-state index contributed by atoms with van der Waals surface area (Å²) in [5.74, 6) is 1.50. The monoisotopic (exact) mass is 314 g/mol. The Morgan fingerprint density at radius 1 is 1.33 bits per heavy atom. The number of ether oxygens (including phenoxy) is 2. The molecule has 0 spiro atoms. The highest BCUT2D eigenvalue weighted by Gasteiger charge is 2.20. The molecule has 118 valence electrons. The van der Waals surface area contributed by atoms with Gasteiger partial charge in [-0.1, -0.05) is 6.07 Å². The number of hydrogen-bond donors (Lipinski definition) is 1. The van der Waals surface area contributed by atoms with Crippen LogP contribution >= 0.6 is 12.4 Å². The maximum Gasteiger partial charge on any atom is 0.227 e. The van der Waals surface area contributed by atoms with Crippen LogP contribution in [0.3, 0.4) is 0 Å². The highest BCUT2D eigenvalue weighted by Crippen LogP contribution is 2.27. The van der Waals surface area contributed by atoms with E-state index in [4.69, 9.17) is 9.47 Å². The Kier molecular flexibility index (Phi) is 6.78. The van der Waals surface area contributed by atoms with Crippen molar-refractivity contribution in [2.75, 3.05) is 33.9 Å². The fourth-order valence-electron chi connectivity index (χ4n) is 2.44. The first-order valence-electron chi connectivity index (χ1n) is 6.86. The van der Waals surface area contributed by atoms with Crippen LogP contribution in [-0.4, -0.2) is 50.7 Å². The molecular formula is C15H23ClN2O3. The molecule has 1 saturated heterocycles. The van der Waals surface area contributed by atoms with Crippen LogP contribution in [0.15, 0.2) is 18.2 Å². The highest BCUT2D eigenvalue weighted by molar-refractivity contribution is 5.85. The van der Waals surface area contributed by atoms with Gasteiger partial charge in [-0.25, -0.2) is 0 Å². The van der Waals surface area contributed by atoms with Crippen LogP contribution in [0.4, 0.5) is 0 Å². The molecule has 0 aliphatic carbocycles. The molecule has 1 aliphatic heterocycles. The molecule has 1 atom stereocenters. The largest absolute Gasteiger partial charge is 0.493 e. The summed E-state index contributed by atoms with van der Waals surface area (Å²) in [6.45, 7) is 4.50. The first kappa shape index (κ1) is 17.6. The lowest BCUT2D eigenvalue weighted by molar-refractivity contribution is -0.131. The number of hydrogen-bond acceptors (Lipinski definition) is 4. The highest BCUT2D eigenvalue weighted by atomic mass is 35.5. The van der Waals surface area contributed by atoms with E-state index in [0.717, 1.165) is 25.2 Å². The Labute approximate surface area is 132 Å². The standard InChI is InChI=1S/C15H22N2O3.ClH/c1-11-10-17(7-6-16-11)15(18)9-12-4-5-13(19-2)14(8-12)20-3;/h4-5,8,11,16H,6-7,9-10H2,1-3H3;1H/t11-;/m1./s1. The lowest BCUT2D eigenvalue weighted by atomic mass is 10.1. The van der Waals surface area contributed by atoms with Gasteiger partial charge in [0, 0.05) is 25.7 Å². The van der Waals surface area contributed by atoms with Gasteiger partial charge in [-0.2, -0.15) is 0 Å². The third-order valence-electron chi connectivity index (χ3n) is 3.52. The SMILES string of the molecule is COc1ccc(CC(=O)N2CCN[C@H](C)C2)cc1OC.Cl. The molecule has 2 rings (SSSR count). The van der Waals surface area contributed by atoms with E-state index in [2.05, 4.69) is 12.2 Å². The predicted octanol–water partition coefficient (Wildman–Crippen LogP) is 1.49. The minimum atomic E-state index is 0. The molecule has 1 N–H and O–H groups in total. The Morgan fingerprint density at radius 3 is 2.67 bits per heavy atom. The smallest absolute Gasteiger partial charge is 0.227 e. The molecule has 0 aromatic heterocycles. The van der Waals surface area contributed by atoms with Crippen molar-refractivity contribution in [3.63, 3.8) is 0 Å². The molecule has 21 heavy (non-hydrogen) atoms. The van der Waals surface area contributed by atoms with Gasteiger partial charge in [0.1, 0.15) is 0 Å². The van der Waals surface area contributed by atoms with Gasteiger partial charge in [0.25, 0.3) is 0 Å². The second kappa shape index (κ2) is 8.10. The van der Waals surface area contributed by atoms with Crippen LogP contribution in [0.1, 0.15) is 12.5 Å². The third kappa shape index (κ3) is 4.51. The number of rotatable bonds is 4. The second-order valence-electron chi connectivity index (χ2n) is 5.06. The van der Waals surface area contributed by atoms with E-state index in [0.29, 0.717) is 24.0 Å². The Morgan fingerprint density at radius 2 is 2.05 bits per heavy atom. The number of piperazine rings is 1. The number of methoxy groups -OCH3 is 2. The molecule has 0 saturated carbocycles. The maximum atomic E-state index is 12.3. The number of halogens is 1. The van der Waals surface area contributed by atoms with Crippen molar-refractivity contribution in [1.82, 2.24) is 10.2 Å². The molecule has 1 aliphatic rings. The topological polar surface area (TPSA) is 50.8 Å². The summed E-state index contributed by atoms with van der Waals surface area (Å²) < 4.78 is 10.5. The van der Waals surface area contributed by atoms with E-state index >= 15 is 0 Å². The number of benzene rings is 1. The van der Waals surface area contributed by atoms with Gasteiger partial charge in [0.2, 0.25) is 5.91 Å². The zero-order valence-corrected chi connectivity index (χ0v) is 13.5. The molecule has 5 nitrogen and oxygen atoms in total. The lowest BCUT2D eigenvalue weighted by Gasteiger charge is -2.32. The van der Waals surface area contributed by atoms with Crippen molar-refractivity contribution in [2.45, 2.75) is 19.4 Å². The summed E-state index contributed by atoms with van der Waals surface area (Å²) in [5, 5.41) is 3.33. The summed E-state index contributed by atoms with van der Waals surface area (Å²) in [5.41, 5.74) is 0.943. The van der Waals surface area contributed by atoms with Crippen LogP contribution in [0.2, 0.25) is 0 Å². The van der Waals surface area contributed by atoms with Crippen molar-refractivity contribution in [3.8, 4) is 11.5 Å². The molecule has 0 unspecified atom stereocenters. The Bertz CT molecular complexity index is 482. The molecule has 1 aromatic carbocycles. The second-order valence-corrected chi connectivity index (χ2v) is 5.06. The van der Waals surface area contributed by atoms with Crippen LogP contribution < -0.4 is 14.8 Å². The molecule has 6 heteroatoms. The van der Waals surface area contributed by atoms with Gasteiger partial charge in [0.15, 0.2) is 11.5 Å². The van der Waals surface area contributed by atoms with E-state index in [1.54, 1.807) is 14.2 Å². The summed E-state index contributed by atoms with van der Waals surface area (Å²) in [6, 6.07) is 5.97. The van der Waals surface area contributed by atoms with Crippen molar-refractivity contribution >= 4 is 18.3 Å². The minimum absolute atomic E-state index is 0. The maximum absolute atomic E-state index is 12.3. The average molecular weight is 315 g/mol. The first-order valence-corrected chi connectivity index (χ1v) is 6.86. The van der Waals surface area contributed by atoms with E-state index in [9.17, 15) is 4.79 Å². The quantitative estimate of drug-likeness (QED) is 0.915. The van der Waals surface area contributed by atoms with Gasteiger partial charge < -0.3 is 19.7 Å². The van der Waals surface area contributed by atoms with Gasteiger partial charge in [-0.15, -0.1) is 12.4 Å². The third-order valence-corrected chi connectivity index (χ3v) is 3.52. The number of carbonyl (C=O) groups is 1. The van der Waals surface area contributed by atoms with Crippen LogP contribution in [0.25, 0.3) is 0 Å². The number of amides is 1. The van der Waals surface area contributed by atoms with E-state index in [1.807, 2.05) is 23.1 Å². The van der Waals surface area contributed by atoms with Crippen molar-refractivity contribution in [3.05, 3.63) is 23.8 Å². The molecular weight excluding hydrogens is 292 g/mol. The Hall–Kier alpha value is -1.46. The fourth-order valence-corrected chi connectivity index (χ4v) is 2.44. The summed E-state index contributed by atoms with van der Waals surface area (Å²) in [6.07, 6.45) is 0.396. The van der Waals surface area contributed by atoms with Crippen molar-refractivity contribution < 1.29 is 14.3 Å². The first-order chi connectivity index (χ1) is 9.63. The molecule has 0 bridgehead atoms. The fraction of sp³-hybridized carbons (Fsp3) is 0.533. The van der Waals surface area contributed by atoms with Gasteiger partial charge in [-0.3, -0.25) is 4.79 Å². The van der Waals surface area contributed by atoms with Gasteiger partial charge in [-0.05, 0) is 24.6 Å². The van der Waals surface area contributed by atoms with Crippen LogP contribution in [0, 0.1) is 0 Å². The van der Waals surface area contributed by atoms with Gasteiger partial charge >= 0.3 is 0 Å². The molecule has 0 radical (unpaired) electrons. The van der Waals surface area contributed by atoms with Crippen molar-refractivity contribution in [1.29, 1.82) is 0 Å². The molecule has 1 amide bonds. The molecule has 1 heterocycles. The minimum Gasteiger partial charge on any atom is -0.493 e. The van der Waals surface area contributed by atoms with E-state index < -0.39 is 0 Å². The normalized spacial score (nSPS) is 17.9. The zero-order chi connectivity index (χ0) is 14.5. The predicted molar refractivity (Wildman–Crippen MR) is 84.5 cm³/mol. The van der Waals surface area contributed by atoms with Crippen molar-refractivity contribution in [2.24, 2.45) is 0 Å². The van der Waals surface area contributed by atoms with Crippen LogP contribution in [0.5, 0.6) is 11.5 Å². The Balaban J connectivity index is 0.00000220. The summed E-state index contributed by atoms with van der Waals surface area (Å²) >= 11 is 0. The lowest BCUT2D eigenvalue weighted by Crippen LogP contribution is -2.51. The van der Waals surface area contributed by atoms with Crippen LogP contribution in [-0.2, 0) is 11.2 Å². The van der Waals surface area contributed by atoms with E-state index in [-0.39, 0.29) is 18.3 Å². The number of carbonyl (C=O) groups excluding carboxylic acids is 1. The summed E-state index contributed by atoms with van der Waals surface area (Å²) in [4.78, 5) is 14.2. The average Bonchev–Trinajstić information content (AvgIpc) is 2.47. The number of nitrogens with one attached hydrogen (secondary N) is 1. The van der Waals surface area contributed by atoms with Gasteiger partial charge in [0.05, 0.1) is 20.6 Å². The van der Waals surface area contributed by atoms with E-state index in [1.165, 1.54) is 0 Å². The summed E-state index contributed by atoms with van der Waals surface area (Å²) in [7, 11) is 3.20. The number of nitrogens with zero attached hydrogens (tertiary/aromatic N) is 1. The molecule has 1 fully saturated rings. The zero-order valence-electron chi connectivity index (χ0n) is 12.7. The molecule has 1 aromatic rings.